The van der Waals surface area contributed by atoms with Gasteiger partial charge in [0.2, 0.25) is 0 Å². The number of methoxy groups -OCH3 is 2. The molecule has 1 aromatic rings. The topological polar surface area (TPSA) is 105 Å². The number of aliphatic hydroxyl groups excluding tert-OH is 1. The molecule has 0 radical (unpaired) electrons. The standard InChI is InChI=1S/C13H17NO6/c1-19-9-5-8(6-10(7-9)20-2)12(16)14-4-3-11(15)13(17)18/h5-7,11,15H,3-4H2,1-2H3,(H,14,16)(H,17,18). The molecule has 1 rings (SSSR count). The Balaban J connectivity index is 2.65. The molecule has 3 N–H and O–H groups in total. The number of hydrogen-bond donors (Lipinski definition) is 3. The van der Waals surface area contributed by atoms with Gasteiger partial charge in [0.25, 0.3) is 5.91 Å². The quantitative estimate of drug-likeness (QED) is 0.663. The van der Waals surface area contributed by atoms with Crippen LogP contribution in [0, 0.1) is 0 Å². The number of nitrogens with one attached hydrogen (secondary N) is 1. The number of aliphatic carboxylic acids is 1. The number of amides is 1. The first kappa shape index (κ1) is 15.8. The van der Waals surface area contributed by atoms with E-state index in [-0.39, 0.29) is 13.0 Å². The molecule has 0 aromatic heterocycles. The summed E-state index contributed by atoms with van der Waals surface area (Å²) in [7, 11) is 2.94. The summed E-state index contributed by atoms with van der Waals surface area (Å²) < 4.78 is 10.1. The highest BCUT2D eigenvalue weighted by atomic mass is 16.5. The number of benzene rings is 1. The van der Waals surface area contributed by atoms with E-state index in [1.54, 1.807) is 6.07 Å². The Kier molecular flexibility index (Phi) is 5.79. The highest BCUT2D eigenvalue weighted by Crippen LogP contribution is 2.22. The van der Waals surface area contributed by atoms with Crippen LogP contribution >= 0.6 is 0 Å². The monoisotopic (exact) mass is 283 g/mol. The van der Waals surface area contributed by atoms with Crippen LogP contribution in [0.25, 0.3) is 0 Å². The molecule has 1 amide bonds. The van der Waals surface area contributed by atoms with E-state index < -0.39 is 18.0 Å². The van der Waals surface area contributed by atoms with Gasteiger partial charge in [0, 0.05) is 24.6 Å². The predicted molar refractivity (Wildman–Crippen MR) is 70.1 cm³/mol. The largest absolute Gasteiger partial charge is 0.497 e. The minimum absolute atomic E-state index is 0.0474. The predicted octanol–water partition coefficient (Wildman–Crippen LogP) is 0.269. The van der Waals surface area contributed by atoms with Gasteiger partial charge < -0.3 is 25.0 Å². The summed E-state index contributed by atoms with van der Waals surface area (Å²) in [6.07, 6.45) is -1.56. The lowest BCUT2D eigenvalue weighted by molar-refractivity contribution is -0.146. The van der Waals surface area contributed by atoms with E-state index in [1.165, 1.54) is 26.4 Å². The molecule has 0 aliphatic carbocycles. The molecule has 7 heteroatoms. The molecule has 0 fully saturated rings. The molecular formula is C13H17NO6. The van der Waals surface area contributed by atoms with Gasteiger partial charge in [-0.2, -0.15) is 0 Å². The van der Waals surface area contributed by atoms with Crippen LogP contribution in [-0.2, 0) is 4.79 Å². The molecule has 0 aliphatic heterocycles. The highest BCUT2D eigenvalue weighted by Gasteiger charge is 2.14. The van der Waals surface area contributed by atoms with E-state index in [1.807, 2.05) is 0 Å². The number of carboxylic acid groups (broad SMARTS) is 1. The van der Waals surface area contributed by atoms with E-state index in [2.05, 4.69) is 5.32 Å². The van der Waals surface area contributed by atoms with Gasteiger partial charge in [0.15, 0.2) is 6.10 Å². The van der Waals surface area contributed by atoms with Crippen molar-refractivity contribution in [3.63, 3.8) is 0 Å². The summed E-state index contributed by atoms with van der Waals surface area (Å²) in [6, 6.07) is 4.70. The summed E-state index contributed by atoms with van der Waals surface area (Å²) in [4.78, 5) is 22.3. The van der Waals surface area contributed by atoms with Crippen LogP contribution in [0.1, 0.15) is 16.8 Å². The van der Waals surface area contributed by atoms with Crippen molar-refractivity contribution in [2.45, 2.75) is 12.5 Å². The van der Waals surface area contributed by atoms with Crippen molar-refractivity contribution in [1.82, 2.24) is 5.32 Å². The number of aliphatic hydroxyl groups is 1. The molecule has 1 atom stereocenters. The second-order valence-corrected chi connectivity index (χ2v) is 4.00. The molecule has 0 bridgehead atoms. The van der Waals surface area contributed by atoms with Crippen LogP contribution in [-0.4, -0.2) is 49.0 Å². The molecule has 0 saturated heterocycles. The van der Waals surface area contributed by atoms with Gasteiger partial charge in [0.05, 0.1) is 14.2 Å². The van der Waals surface area contributed by atoms with Gasteiger partial charge in [0.1, 0.15) is 11.5 Å². The third kappa shape index (κ3) is 4.43. The lowest BCUT2D eigenvalue weighted by atomic mass is 10.1. The van der Waals surface area contributed by atoms with Crippen molar-refractivity contribution in [2.75, 3.05) is 20.8 Å². The van der Waals surface area contributed by atoms with E-state index in [0.29, 0.717) is 17.1 Å². The average molecular weight is 283 g/mol. The Morgan fingerprint density at radius 3 is 2.20 bits per heavy atom. The summed E-state index contributed by atoms with van der Waals surface area (Å²) in [6.45, 7) is 0.0474. The van der Waals surface area contributed by atoms with Crippen LogP contribution in [0.4, 0.5) is 0 Å². The zero-order chi connectivity index (χ0) is 15.1. The van der Waals surface area contributed by atoms with Gasteiger partial charge in [-0.3, -0.25) is 4.79 Å². The Morgan fingerprint density at radius 1 is 1.20 bits per heavy atom. The number of rotatable bonds is 7. The molecule has 110 valence electrons. The smallest absolute Gasteiger partial charge is 0.332 e. The Morgan fingerprint density at radius 2 is 1.75 bits per heavy atom. The first-order valence-electron chi connectivity index (χ1n) is 5.90. The summed E-state index contributed by atoms with van der Waals surface area (Å²) in [5.74, 6) is -0.776. The zero-order valence-corrected chi connectivity index (χ0v) is 11.3. The Bertz CT molecular complexity index is 465. The maximum Gasteiger partial charge on any atom is 0.332 e. The molecule has 1 unspecified atom stereocenters. The third-order valence-electron chi connectivity index (χ3n) is 2.60. The molecule has 0 heterocycles. The summed E-state index contributed by atoms with van der Waals surface area (Å²) >= 11 is 0. The molecule has 0 saturated carbocycles. The van der Waals surface area contributed by atoms with Gasteiger partial charge in [-0.15, -0.1) is 0 Å². The van der Waals surface area contributed by atoms with E-state index in [9.17, 15) is 9.59 Å². The van der Waals surface area contributed by atoms with E-state index >= 15 is 0 Å². The Hall–Kier alpha value is -2.28. The van der Waals surface area contributed by atoms with Crippen molar-refractivity contribution in [1.29, 1.82) is 0 Å². The third-order valence-corrected chi connectivity index (χ3v) is 2.60. The minimum Gasteiger partial charge on any atom is -0.497 e. The summed E-state index contributed by atoms with van der Waals surface area (Å²) in [5.41, 5.74) is 0.325. The summed E-state index contributed by atoms with van der Waals surface area (Å²) in [5, 5.41) is 20.1. The second kappa shape index (κ2) is 7.34. The first-order chi connectivity index (χ1) is 9.47. The van der Waals surface area contributed by atoms with Crippen molar-refractivity contribution >= 4 is 11.9 Å². The van der Waals surface area contributed by atoms with Crippen molar-refractivity contribution in [2.24, 2.45) is 0 Å². The van der Waals surface area contributed by atoms with Crippen molar-refractivity contribution < 1.29 is 29.3 Å². The fourth-order valence-corrected chi connectivity index (χ4v) is 1.49. The van der Waals surface area contributed by atoms with Crippen molar-refractivity contribution in [3.8, 4) is 11.5 Å². The lowest BCUT2D eigenvalue weighted by Gasteiger charge is -2.10. The Labute approximate surface area is 116 Å². The minimum atomic E-state index is -1.49. The molecule has 1 aromatic carbocycles. The lowest BCUT2D eigenvalue weighted by Crippen LogP contribution is -2.30. The molecule has 0 aliphatic rings. The molecular weight excluding hydrogens is 266 g/mol. The van der Waals surface area contributed by atoms with Gasteiger partial charge in [-0.05, 0) is 12.1 Å². The maximum absolute atomic E-state index is 11.9. The molecule has 20 heavy (non-hydrogen) atoms. The fourth-order valence-electron chi connectivity index (χ4n) is 1.49. The van der Waals surface area contributed by atoms with Gasteiger partial charge in [-0.1, -0.05) is 0 Å². The SMILES string of the molecule is COc1cc(OC)cc(C(=O)NCCC(O)C(=O)O)c1. The van der Waals surface area contributed by atoms with Crippen LogP contribution in [0.2, 0.25) is 0 Å². The van der Waals surface area contributed by atoms with Crippen LogP contribution in [0.15, 0.2) is 18.2 Å². The zero-order valence-electron chi connectivity index (χ0n) is 11.3. The number of ether oxygens (including phenoxy) is 2. The van der Waals surface area contributed by atoms with Crippen LogP contribution in [0.3, 0.4) is 0 Å². The van der Waals surface area contributed by atoms with Crippen LogP contribution in [0.5, 0.6) is 11.5 Å². The number of carbonyl (C=O) groups is 2. The normalized spacial score (nSPS) is 11.6. The highest BCUT2D eigenvalue weighted by molar-refractivity contribution is 5.95. The van der Waals surface area contributed by atoms with Gasteiger partial charge >= 0.3 is 5.97 Å². The first-order valence-corrected chi connectivity index (χ1v) is 5.90. The van der Waals surface area contributed by atoms with E-state index in [0.717, 1.165) is 0 Å². The average Bonchev–Trinajstić information content (AvgIpc) is 2.46. The number of hydrogen-bond acceptors (Lipinski definition) is 5. The number of carboxylic acids is 1. The molecule has 0 spiro atoms. The van der Waals surface area contributed by atoms with Gasteiger partial charge in [-0.25, -0.2) is 4.79 Å². The maximum atomic E-state index is 11.9. The van der Waals surface area contributed by atoms with Crippen LogP contribution < -0.4 is 14.8 Å². The molecule has 7 nitrogen and oxygen atoms in total. The fraction of sp³-hybridized carbons (Fsp3) is 0.385. The van der Waals surface area contributed by atoms with E-state index in [4.69, 9.17) is 19.7 Å². The second-order valence-electron chi connectivity index (χ2n) is 4.00. The number of carbonyl (C=O) groups excluding carboxylic acids is 1. The van der Waals surface area contributed by atoms with Crippen molar-refractivity contribution in [3.05, 3.63) is 23.8 Å².